The number of halogens is 1. The van der Waals surface area contributed by atoms with Gasteiger partial charge < -0.3 is 10.6 Å². The number of rotatable bonds is 13. The summed E-state index contributed by atoms with van der Waals surface area (Å²) < 4.78 is 13.0. The van der Waals surface area contributed by atoms with Crippen LogP contribution >= 0.6 is 0 Å². The molecular weight excluding hydrogens is 734 g/mol. The fourth-order valence-corrected chi connectivity index (χ4v) is 6.22. The molecule has 3 nitrogen and oxygen atoms in total. The Hall–Kier alpha value is -3.99. The lowest BCUT2D eigenvalue weighted by Crippen LogP contribution is -2.36. The monoisotopic (exact) mass is 826 g/mol. The predicted octanol–water partition coefficient (Wildman–Crippen LogP) is 16.7. The van der Waals surface area contributed by atoms with Gasteiger partial charge in [0.2, 0.25) is 0 Å². The second kappa shape index (κ2) is 38.0. The first-order chi connectivity index (χ1) is 28.7. The van der Waals surface area contributed by atoms with Crippen LogP contribution in [-0.2, 0) is 19.4 Å². The van der Waals surface area contributed by atoms with E-state index < -0.39 is 0 Å². The third kappa shape index (κ3) is 26.3. The Kier molecular flexibility index (Phi) is 38.2. The molecule has 3 aromatic carbocycles. The first kappa shape index (κ1) is 60.3. The number of allylic oxidation sites excluding steroid dienone is 6. The van der Waals surface area contributed by atoms with Crippen molar-refractivity contribution in [3.63, 3.8) is 0 Å². The molecule has 0 saturated carbocycles. The topological polar surface area (TPSA) is 32.5 Å². The first-order valence-corrected chi connectivity index (χ1v) is 22.9. The van der Waals surface area contributed by atoms with E-state index in [1.165, 1.54) is 103 Å². The molecule has 2 N–H and O–H groups in total. The summed E-state index contributed by atoms with van der Waals surface area (Å²) in [5, 5.41) is 2.81. The van der Waals surface area contributed by atoms with Crippen LogP contribution in [0.25, 0.3) is 21.9 Å². The Bertz CT molecular complexity index is 1630. The lowest BCUT2D eigenvalue weighted by Gasteiger charge is -2.37. The number of nitrogens with zero attached hydrogens (tertiary/aromatic N) is 2. The van der Waals surface area contributed by atoms with E-state index >= 15 is 0 Å². The molecule has 1 aliphatic heterocycles. The van der Waals surface area contributed by atoms with Crippen LogP contribution in [0.2, 0.25) is 0 Å². The molecule has 0 unspecified atom stereocenters. The molecule has 1 fully saturated rings. The molecule has 0 radical (unpaired) electrons. The van der Waals surface area contributed by atoms with Crippen molar-refractivity contribution in [1.29, 1.82) is 0 Å². The molecule has 1 aliphatic rings. The van der Waals surface area contributed by atoms with E-state index in [1.807, 2.05) is 40.7 Å². The van der Waals surface area contributed by atoms with Gasteiger partial charge in [-0.3, -0.25) is 4.90 Å². The van der Waals surface area contributed by atoms with Crippen LogP contribution in [0.15, 0.2) is 128 Å². The minimum absolute atomic E-state index is 0.134. The highest BCUT2D eigenvalue weighted by Crippen LogP contribution is 2.35. The minimum atomic E-state index is -0.134. The average Bonchev–Trinajstić information content (AvgIpc) is 3.23. The maximum atomic E-state index is 13.0. The summed E-state index contributed by atoms with van der Waals surface area (Å²) in [6, 6.07) is 20.9. The van der Waals surface area contributed by atoms with Crippen molar-refractivity contribution in [2.24, 2.45) is 11.1 Å². The largest absolute Gasteiger partial charge is 0.405 e. The van der Waals surface area contributed by atoms with Crippen molar-refractivity contribution in [1.82, 2.24) is 9.80 Å². The van der Waals surface area contributed by atoms with Crippen molar-refractivity contribution in [2.45, 2.75) is 148 Å². The standard InChI is InChI=1S/C29H37N.C10H15F.C7H15N.C3H8.C3H6.C2H5N.C2H6/c1-5-9-24-10-7-12-27-25(24)11-8-13-28(27)26-15-14-22(20-23(26)6-2)21-30-18-16-29(3,4)17-19-30;1-5-8(3)7-10(11)9(4)6-2;1-4-6-8(3)7-5-2;2*1-3-2;1-2-3;1-2/h7-8,10-15,20H,5-6,9,16-19,21H2,1-4H3;5,7H,1,6H2,2-4H3;4H,1,5-7H2,2-3H3;3H2,1-2H3;3H,1H2,2H3;2H,1,3H2;1-2H3/b;8-7-,10-9+;;;;;. The second-order valence-corrected chi connectivity index (χ2v) is 15.8. The van der Waals surface area contributed by atoms with Gasteiger partial charge in [0.05, 0.1) is 0 Å². The molecule has 3 aromatic rings. The molecule has 0 aliphatic carbocycles. The molecule has 338 valence electrons. The van der Waals surface area contributed by atoms with Gasteiger partial charge in [-0.1, -0.05) is 168 Å². The van der Waals surface area contributed by atoms with Gasteiger partial charge in [0.25, 0.3) is 0 Å². The number of likely N-dealkylation sites (N-methyl/N-ethyl adjacent to an activating group) is 1. The number of hydrogen-bond acceptors (Lipinski definition) is 3. The quantitative estimate of drug-likeness (QED) is 0.138. The zero-order chi connectivity index (χ0) is 46.5. The molecule has 4 heteroatoms. The van der Waals surface area contributed by atoms with E-state index in [-0.39, 0.29) is 5.83 Å². The molecule has 0 spiro atoms. The van der Waals surface area contributed by atoms with Gasteiger partial charge in [-0.2, -0.15) is 0 Å². The van der Waals surface area contributed by atoms with Gasteiger partial charge in [-0.15, -0.1) is 13.2 Å². The van der Waals surface area contributed by atoms with Gasteiger partial charge in [-0.05, 0) is 153 Å². The summed E-state index contributed by atoms with van der Waals surface area (Å²) in [5.74, 6) is -0.134. The van der Waals surface area contributed by atoms with E-state index in [4.69, 9.17) is 0 Å². The Morgan fingerprint density at radius 1 is 0.833 bits per heavy atom. The van der Waals surface area contributed by atoms with Crippen molar-refractivity contribution in [3.05, 3.63) is 145 Å². The van der Waals surface area contributed by atoms with Gasteiger partial charge in [0, 0.05) is 13.1 Å². The van der Waals surface area contributed by atoms with Crippen molar-refractivity contribution in [2.75, 3.05) is 33.2 Å². The average molecular weight is 826 g/mol. The Labute approximate surface area is 372 Å². The van der Waals surface area contributed by atoms with Crippen LogP contribution < -0.4 is 5.73 Å². The fourth-order valence-electron chi connectivity index (χ4n) is 6.22. The highest BCUT2D eigenvalue weighted by atomic mass is 19.1. The van der Waals surface area contributed by atoms with E-state index in [0.717, 1.165) is 43.5 Å². The lowest BCUT2D eigenvalue weighted by molar-refractivity contribution is 0.127. The zero-order valence-electron chi connectivity index (χ0n) is 41.5. The maximum absolute atomic E-state index is 13.0. The maximum Gasteiger partial charge on any atom is 0.122 e. The van der Waals surface area contributed by atoms with Gasteiger partial charge in [0.1, 0.15) is 5.83 Å². The van der Waals surface area contributed by atoms with Gasteiger partial charge >= 0.3 is 0 Å². The Morgan fingerprint density at radius 3 is 1.87 bits per heavy atom. The SMILES string of the molecule is C=C/C(C)=C\C(F)=C(\C)CC.C=CC.C=CCN(C)CCC.C=CN.CC.CCC.CCCc1cccc2c(-c3ccc(CN4CCC(C)(C)CC4)cc3CC)cccc12. The molecule has 4 rings (SSSR count). The number of hydrogen-bond donors (Lipinski definition) is 1. The Balaban J connectivity index is -0.000000890. The molecule has 0 atom stereocenters. The number of benzene rings is 3. The number of aryl methyl sites for hydroxylation is 2. The lowest BCUT2D eigenvalue weighted by atomic mass is 9.82. The van der Waals surface area contributed by atoms with E-state index in [2.05, 4.69) is 152 Å². The second-order valence-electron chi connectivity index (χ2n) is 15.8. The van der Waals surface area contributed by atoms with Crippen molar-refractivity contribution < 1.29 is 4.39 Å². The van der Waals surface area contributed by atoms with Crippen LogP contribution in [0.3, 0.4) is 0 Å². The third-order valence-electron chi connectivity index (χ3n) is 9.65. The molecule has 1 heterocycles. The Morgan fingerprint density at radius 2 is 1.38 bits per heavy atom. The summed E-state index contributed by atoms with van der Waals surface area (Å²) in [6.45, 7) is 46.6. The third-order valence-corrected chi connectivity index (χ3v) is 9.65. The van der Waals surface area contributed by atoms with Crippen LogP contribution in [0.1, 0.15) is 145 Å². The highest BCUT2D eigenvalue weighted by molar-refractivity contribution is 5.99. The van der Waals surface area contributed by atoms with Crippen LogP contribution in [0.4, 0.5) is 4.39 Å². The van der Waals surface area contributed by atoms with E-state index in [9.17, 15) is 4.39 Å². The summed E-state index contributed by atoms with van der Waals surface area (Å²) in [5.41, 5.74) is 14.0. The molecule has 1 saturated heterocycles. The van der Waals surface area contributed by atoms with Crippen LogP contribution in [0.5, 0.6) is 0 Å². The first-order valence-electron chi connectivity index (χ1n) is 22.9. The van der Waals surface area contributed by atoms with E-state index in [0.29, 0.717) is 5.41 Å². The molecule has 60 heavy (non-hydrogen) atoms. The number of piperidine rings is 1. The number of nitrogens with two attached hydrogens (primary N) is 1. The van der Waals surface area contributed by atoms with E-state index in [1.54, 1.807) is 19.1 Å². The van der Waals surface area contributed by atoms with Crippen molar-refractivity contribution in [3.8, 4) is 11.1 Å². The summed E-state index contributed by atoms with van der Waals surface area (Å²) in [7, 11) is 2.10. The summed E-state index contributed by atoms with van der Waals surface area (Å²) >= 11 is 0. The number of likely N-dealkylation sites (tertiary alicyclic amines) is 1. The summed E-state index contributed by atoms with van der Waals surface area (Å²) in [4.78, 5) is 4.88. The normalized spacial score (nSPS) is 13.2. The van der Waals surface area contributed by atoms with Gasteiger partial charge in [-0.25, -0.2) is 4.39 Å². The zero-order valence-corrected chi connectivity index (χ0v) is 41.5. The smallest absolute Gasteiger partial charge is 0.122 e. The molecular formula is C56H92FN3. The van der Waals surface area contributed by atoms with Gasteiger partial charge in [0.15, 0.2) is 0 Å². The molecule has 0 amide bonds. The number of fused-ring (bicyclic) bond motifs is 1. The van der Waals surface area contributed by atoms with Crippen molar-refractivity contribution >= 4 is 10.8 Å². The van der Waals surface area contributed by atoms with Crippen LogP contribution in [0, 0.1) is 5.41 Å². The minimum Gasteiger partial charge on any atom is -0.405 e. The van der Waals surface area contributed by atoms with Crippen LogP contribution in [-0.4, -0.2) is 43.0 Å². The molecule has 0 bridgehead atoms. The molecule has 0 aromatic heterocycles. The predicted molar refractivity (Wildman–Crippen MR) is 275 cm³/mol. The fraction of sp³-hybridized carbons (Fsp3) is 0.500. The summed E-state index contributed by atoms with van der Waals surface area (Å²) in [6.07, 6.45) is 17.3. The highest BCUT2D eigenvalue weighted by Gasteiger charge is 2.25.